The quantitative estimate of drug-likeness (QED) is 0.132. The molecule has 0 radical (unpaired) electrons. The molecule has 4 aromatic heterocycles. The van der Waals surface area contributed by atoms with Crippen molar-refractivity contribution in [1.82, 2.24) is 39.0 Å². The summed E-state index contributed by atoms with van der Waals surface area (Å²) in [6, 6.07) is 70.4. The lowest BCUT2D eigenvalue weighted by Crippen LogP contribution is -2.16. The number of hydrogen-bond acceptors (Lipinski definition) is 7. The number of hydrogen-bond donors (Lipinski definition) is 0. The predicted molar refractivity (Wildman–Crippen MR) is 315 cm³/mol. The monoisotopic (exact) mass is 1110 g/mol. The van der Waals surface area contributed by atoms with Gasteiger partial charge in [0.05, 0.1) is 44.6 Å². The average Bonchev–Trinajstić information content (AvgIpc) is 2.34. The van der Waals surface area contributed by atoms with Gasteiger partial charge in [0, 0.05) is 66.1 Å². The van der Waals surface area contributed by atoms with Crippen LogP contribution in [0.2, 0.25) is 0 Å². The third kappa shape index (κ3) is 8.84. The maximum Gasteiger partial charge on any atom is 0.417 e. The van der Waals surface area contributed by atoms with Crippen molar-refractivity contribution in [1.29, 1.82) is 5.26 Å². The van der Waals surface area contributed by atoms with Gasteiger partial charge in [0.2, 0.25) is 0 Å². The van der Waals surface area contributed by atoms with E-state index in [2.05, 4.69) is 6.07 Å². The fraction of sp³-hybridized carbons (Fsp3) is 0.0290. The summed E-state index contributed by atoms with van der Waals surface area (Å²) in [4.78, 5) is 29.5. The van der Waals surface area contributed by atoms with E-state index < -0.39 is 34.6 Å². The van der Waals surface area contributed by atoms with E-state index in [1.807, 2.05) is 180 Å². The lowest BCUT2D eigenvalue weighted by Gasteiger charge is -2.24. The van der Waals surface area contributed by atoms with Gasteiger partial charge < -0.3 is 9.13 Å². The van der Waals surface area contributed by atoms with E-state index in [4.69, 9.17) is 29.9 Å². The summed E-state index contributed by atoms with van der Waals surface area (Å²) in [7, 11) is 0. The molecule has 14 aromatic rings. The van der Waals surface area contributed by atoms with Gasteiger partial charge in [-0.25, -0.2) is 29.9 Å². The number of fused-ring (bicyclic) bond motifs is 6. The Morgan fingerprint density at radius 2 is 0.667 bits per heavy atom. The second kappa shape index (κ2) is 20.2. The Hall–Kier alpha value is -11.1. The normalized spacial score (nSPS) is 11.9. The second-order valence-electron chi connectivity index (χ2n) is 19.9. The molecule has 0 saturated heterocycles. The molecule has 0 aliphatic rings. The third-order valence-electron chi connectivity index (χ3n) is 14.9. The summed E-state index contributed by atoms with van der Waals surface area (Å²) < 4.78 is 96.4. The smallest absolute Gasteiger partial charge is 0.308 e. The minimum absolute atomic E-state index is 0.195. The van der Waals surface area contributed by atoms with E-state index in [1.54, 1.807) is 34.9 Å². The van der Waals surface area contributed by atoms with Gasteiger partial charge in [-0.05, 0) is 66.7 Å². The second-order valence-corrected chi connectivity index (χ2v) is 19.9. The first-order chi connectivity index (χ1) is 40.9. The molecule has 15 heteroatoms. The largest absolute Gasteiger partial charge is 0.417 e. The predicted octanol–water partition coefficient (Wildman–Crippen LogP) is 17.8. The Morgan fingerprint density at radius 1 is 0.321 bits per heavy atom. The molecular weight excluding hydrogens is 1070 g/mol. The Kier molecular flexibility index (Phi) is 12.3. The molecule has 0 atom stereocenters. The molecule has 0 aliphatic heterocycles. The SMILES string of the molecule is N#Cc1c(-n2c3ccccc3c3cc(-c4nc(-c5ccccc5)nc(-c5ccccc5)n4)ccc32)ccc(-c2c(C(F)(F)F)cccc2C(F)(F)F)c1-n1c2ccccc2c2cc(-c3nc(-c4ccccc4)nc(-c4ccccc4)n3)ccc21. The Bertz CT molecular complexity index is 4790. The Morgan fingerprint density at radius 3 is 1.06 bits per heavy atom. The van der Waals surface area contributed by atoms with Gasteiger partial charge in [-0.1, -0.05) is 170 Å². The summed E-state index contributed by atoms with van der Waals surface area (Å²) >= 11 is 0. The van der Waals surface area contributed by atoms with E-state index >= 15 is 26.3 Å². The zero-order chi connectivity index (χ0) is 57.3. The van der Waals surface area contributed by atoms with Gasteiger partial charge in [-0.2, -0.15) is 31.6 Å². The number of rotatable bonds is 9. The number of benzene rings is 10. The van der Waals surface area contributed by atoms with Crippen LogP contribution >= 0.6 is 0 Å². The van der Waals surface area contributed by atoms with Crippen molar-refractivity contribution >= 4 is 43.6 Å². The fourth-order valence-electron chi connectivity index (χ4n) is 11.2. The molecule has 9 nitrogen and oxygen atoms in total. The first kappa shape index (κ1) is 51.1. The van der Waals surface area contributed by atoms with Crippen molar-refractivity contribution in [3.05, 3.63) is 253 Å². The first-order valence-electron chi connectivity index (χ1n) is 26.6. The number of alkyl halides is 6. The van der Waals surface area contributed by atoms with Crippen LogP contribution in [0.5, 0.6) is 0 Å². The highest BCUT2D eigenvalue weighted by atomic mass is 19.4. The molecule has 84 heavy (non-hydrogen) atoms. The zero-order valence-corrected chi connectivity index (χ0v) is 43.8. The molecule has 0 bridgehead atoms. The minimum Gasteiger partial charge on any atom is -0.308 e. The van der Waals surface area contributed by atoms with Crippen LogP contribution in [-0.4, -0.2) is 39.0 Å². The van der Waals surface area contributed by atoms with Gasteiger partial charge in [-0.3, -0.25) is 0 Å². The molecule has 0 saturated carbocycles. The van der Waals surface area contributed by atoms with Gasteiger partial charge in [-0.15, -0.1) is 0 Å². The highest BCUT2D eigenvalue weighted by Crippen LogP contribution is 2.50. The molecular formula is C69H39F6N9. The van der Waals surface area contributed by atoms with Gasteiger partial charge in [0.25, 0.3) is 0 Å². The minimum atomic E-state index is -5.26. The lowest BCUT2D eigenvalue weighted by molar-refractivity contribution is -0.142. The summed E-state index contributed by atoms with van der Waals surface area (Å²) in [6.07, 6.45) is -10.5. The maximum absolute atomic E-state index is 15.5. The molecule has 0 N–H and O–H groups in total. The summed E-state index contributed by atoms with van der Waals surface area (Å²) in [5, 5.41) is 14.4. The van der Waals surface area contributed by atoms with Crippen LogP contribution in [0.3, 0.4) is 0 Å². The summed E-state index contributed by atoms with van der Waals surface area (Å²) in [6.45, 7) is 0. The topological polar surface area (TPSA) is 111 Å². The molecule has 0 aliphatic carbocycles. The molecule has 0 amide bonds. The van der Waals surface area contributed by atoms with Crippen LogP contribution in [0.25, 0.3) is 134 Å². The van der Waals surface area contributed by atoms with Crippen LogP contribution in [0.1, 0.15) is 16.7 Å². The van der Waals surface area contributed by atoms with Crippen LogP contribution in [0, 0.1) is 11.3 Å². The van der Waals surface area contributed by atoms with Crippen molar-refractivity contribution < 1.29 is 26.3 Å². The van der Waals surface area contributed by atoms with E-state index in [0.717, 1.165) is 33.7 Å². The number of halogens is 6. The van der Waals surface area contributed by atoms with E-state index in [0.29, 0.717) is 96.4 Å². The van der Waals surface area contributed by atoms with Gasteiger partial charge in [0.15, 0.2) is 34.9 Å². The number of para-hydroxylation sites is 2. The van der Waals surface area contributed by atoms with Crippen LogP contribution in [0.15, 0.2) is 237 Å². The van der Waals surface area contributed by atoms with E-state index in [9.17, 15) is 5.26 Å². The molecule has 0 fully saturated rings. The first-order valence-corrected chi connectivity index (χ1v) is 26.6. The summed E-state index contributed by atoms with van der Waals surface area (Å²) in [5.41, 5.74) is 1.33. The van der Waals surface area contributed by atoms with E-state index in [1.165, 1.54) is 12.1 Å². The third-order valence-corrected chi connectivity index (χ3v) is 14.9. The highest BCUT2D eigenvalue weighted by Gasteiger charge is 2.42. The summed E-state index contributed by atoms with van der Waals surface area (Å²) in [5.74, 6) is 2.42. The Labute approximate surface area is 474 Å². The standard InChI is InChI=1S/C69H39F6N9/c70-68(71,72)53-28-17-29-54(69(73,74)75)60(53)49-34-37-59(83-55-30-15-13-26-47(55)50-38-45(32-35-57(50)83)66-79-62(41-18-5-1-6-19-41)77-63(80-66)42-20-7-2-8-21-42)52(40-76)61(49)84-56-31-16-14-27-48(56)51-39-46(33-36-58(51)84)67-81-64(43-22-9-3-10-23-43)78-65(82-67)44-24-11-4-12-25-44/h1-39H. The highest BCUT2D eigenvalue weighted by molar-refractivity contribution is 6.13. The maximum atomic E-state index is 15.5. The average molecular weight is 1110 g/mol. The van der Waals surface area contributed by atoms with Crippen molar-refractivity contribution in [2.45, 2.75) is 12.4 Å². The van der Waals surface area contributed by atoms with Crippen molar-refractivity contribution in [3.63, 3.8) is 0 Å². The molecule has 0 unspecified atom stereocenters. The Balaban J connectivity index is 1.03. The number of nitrogens with zero attached hydrogens (tertiary/aromatic N) is 9. The number of nitriles is 1. The molecule has 402 valence electrons. The van der Waals surface area contributed by atoms with Crippen LogP contribution in [0.4, 0.5) is 26.3 Å². The van der Waals surface area contributed by atoms with Crippen LogP contribution in [-0.2, 0) is 12.4 Å². The zero-order valence-electron chi connectivity index (χ0n) is 43.8. The van der Waals surface area contributed by atoms with Gasteiger partial charge in [0.1, 0.15) is 11.6 Å². The number of aromatic nitrogens is 8. The fourth-order valence-corrected chi connectivity index (χ4v) is 11.2. The van der Waals surface area contributed by atoms with Gasteiger partial charge >= 0.3 is 12.4 Å². The lowest BCUT2D eigenvalue weighted by atomic mass is 9.90. The van der Waals surface area contributed by atoms with Crippen molar-refractivity contribution in [3.8, 4) is 96.9 Å². The molecule has 10 aromatic carbocycles. The molecule has 0 spiro atoms. The molecule has 4 heterocycles. The van der Waals surface area contributed by atoms with Crippen molar-refractivity contribution in [2.75, 3.05) is 0 Å². The van der Waals surface area contributed by atoms with Crippen LogP contribution < -0.4 is 0 Å². The van der Waals surface area contributed by atoms with Crippen molar-refractivity contribution in [2.24, 2.45) is 0 Å². The van der Waals surface area contributed by atoms with E-state index in [-0.39, 0.29) is 16.9 Å². The molecule has 14 rings (SSSR count).